The van der Waals surface area contributed by atoms with Crippen molar-refractivity contribution in [3.8, 4) is 0 Å². The average Bonchev–Trinajstić information content (AvgIpc) is 2.59. The van der Waals surface area contributed by atoms with E-state index in [-0.39, 0.29) is 41.2 Å². The molecule has 0 radical (unpaired) electrons. The summed E-state index contributed by atoms with van der Waals surface area (Å²) in [7, 11) is -2.08. The molecule has 0 aliphatic rings. The number of guanidine groups is 1. The van der Waals surface area contributed by atoms with Crippen molar-refractivity contribution < 1.29 is 12.8 Å². The van der Waals surface area contributed by atoms with Gasteiger partial charge in [0.15, 0.2) is 15.8 Å². The molecule has 0 bridgehead atoms. The van der Waals surface area contributed by atoms with Gasteiger partial charge in [0.05, 0.1) is 5.75 Å². The minimum atomic E-state index is -3.68. The molecule has 2 aromatic rings. The van der Waals surface area contributed by atoms with E-state index in [4.69, 9.17) is 0 Å². The molecule has 0 saturated carbocycles. The molecule has 2 aromatic carbocycles. The van der Waals surface area contributed by atoms with Crippen LogP contribution in [-0.2, 0) is 16.4 Å². The van der Waals surface area contributed by atoms with Gasteiger partial charge in [-0.3, -0.25) is 4.99 Å². The lowest BCUT2D eigenvalue weighted by atomic mass is 10.2. The van der Waals surface area contributed by atoms with Gasteiger partial charge in [0.1, 0.15) is 10.7 Å². The van der Waals surface area contributed by atoms with Crippen molar-refractivity contribution in [2.75, 3.05) is 19.3 Å². The van der Waals surface area contributed by atoms with Gasteiger partial charge in [0.25, 0.3) is 0 Å². The Morgan fingerprint density at radius 3 is 2.32 bits per heavy atom. The maximum atomic E-state index is 13.6. The Hall–Kier alpha value is -1.68. The van der Waals surface area contributed by atoms with E-state index in [1.165, 1.54) is 18.2 Å². The highest BCUT2D eigenvalue weighted by molar-refractivity contribution is 14.0. The van der Waals surface area contributed by atoms with Crippen LogP contribution < -0.4 is 10.6 Å². The minimum absolute atomic E-state index is 0. The van der Waals surface area contributed by atoms with Crippen LogP contribution in [0.15, 0.2) is 64.5 Å². The molecule has 136 valence electrons. The summed E-state index contributed by atoms with van der Waals surface area (Å²) in [6.45, 7) is 0.700. The molecule has 5 nitrogen and oxygen atoms in total. The number of halogens is 2. The van der Waals surface area contributed by atoms with Crippen LogP contribution in [0.1, 0.15) is 5.56 Å². The highest BCUT2D eigenvalue weighted by atomic mass is 127. The van der Waals surface area contributed by atoms with Gasteiger partial charge < -0.3 is 10.6 Å². The summed E-state index contributed by atoms with van der Waals surface area (Å²) in [6.07, 6.45) is 0. The third-order valence-corrected chi connectivity index (χ3v) is 5.10. The van der Waals surface area contributed by atoms with Gasteiger partial charge in [-0.05, 0) is 17.7 Å². The molecule has 25 heavy (non-hydrogen) atoms. The highest BCUT2D eigenvalue weighted by Crippen LogP contribution is 2.14. The molecule has 0 aliphatic heterocycles. The molecule has 0 atom stereocenters. The van der Waals surface area contributed by atoms with E-state index in [2.05, 4.69) is 15.6 Å². The SMILES string of the molecule is CN=C(NCCS(=O)(=O)c1ccccc1F)NCc1ccccc1.I. The van der Waals surface area contributed by atoms with Crippen molar-refractivity contribution in [1.29, 1.82) is 0 Å². The van der Waals surface area contributed by atoms with Crippen LogP contribution in [0.3, 0.4) is 0 Å². The molecular formula is C17H21FIN3O2S. The van der Waals surface area contributed by atoms with Gasteiger partial charge >= 0.3 is 0 Å². The summed E-state index contributed by atoms with van der Waals surface area (Å²) in [6, 6.07) is 15.1. The zero-order chi connectivity index (χ0) is 17.4. The summed E-state index contributed by atoms with van der Waals surface area (Å²) >= 11 is 0. The summed E-state index contributed by atoms with van der Waals surface area (Å²) in [5.74, 6) is -0.466. The topological polar surface area (TPSA) is 70.6 Å². The first-order chi connectivity index (χ1) is 11.5. The van der Waals surface area contributed by atoms with Gasteiger partial charge in [-0.2, -0.15) is 0 Å². The molecule has 0 heterocycles. The van der Waals surface area contributed by atoms with E-state index in [9.17, 15) is 12.8 Å². The van der Waals surface area contributed by atoms with Gasteiger partial charge in [-0.25, -0.2) is 12.8 Å². The normalized spacial score (nSPS) is 11.5. The van der Waals surface area contributed by atoms with Crippen molar-refractivity contribution in [3.63, 3.8) is 0 Å². The second-order valence-corrected chi connectivity index (χ2v) is 7.17. The number of nitrogens with one attached hydrogen (secondary N) is 2. The van der Waals surface area contributed by atoms with Gasteiger partial charge in [-0.15, -0.1) is 24.0 Å². The fraction of sp³-hybridized carbons (Fsp3) is 0.235. The van der Waals surface area contributed by atoms with Crippen LogP contribution in [0.5, 0.6) is 0 Å². The van der Waals surface area contributed by atoms with Crippen molar-refractivity contribution in [1.82, 2.24) is 10.6 Å². The Balaban J connectivity index is 0.00000312. The summed E-state index contributed by atoms with van der Waals surface area (Å²) in [5, 5.41) is 6.02. The first-order valence-electron chi connectivity index (χ1n) is 7.48. The Labute approximate surface area is 164 Å². The quantitative estimate of drug-likeness (QED) is 0.381. The number of sulfone groups is 1. The number of aliphatic imine (C=N–C) groups is 1. The molecule has 0 unspecified atom stereocenters. The molecule has 2 N–H and O–H groups in total. The van der Waals surface area contributed by atoms with E-state index in [0.29, 0.717) is 12.5 Å². The van der Waals surface area contributed by atoms with Crippen LogP contribution in [0.2, 0.25) is 0 Å². The maximum Gasteiger partial charge on any atom is 0.191 e. The monoisotopic (exact) mass is 477 g/mol. The second-order valence-electron chi connectivity index (χ2n) is 5.09. The smallest absolute Gasteiger partial charge is 0.191 e. The Bertz CT molecular complexity index is 799. The Morgan fingerprint density at radius 1 is 1.04 bits per heavy atom. The third kappa shape index (κ3) is 6.62. The summed E-state index contributed by atoms with van der Waals surface area (Å²) in [5.41, 5.74) is 1.08. The standard InChI is InChI=1S/C17H20FN3O2S.HI/c1-19-17(21-13-14-7-3-2-4-8-14)20-11-12-24(22,23)16-10-6-5-9-15(16)18;/h2-10H,11-13H2,1H3,(H2,19,20,21);1H. The Morgan fingerprint density at radius 2 is 1.68 bits per heavy atom. The number of benzene rings is 2. The highest BCUT2D eigenvalue weighted by Gasteiger charge is 2.18. The van der Waals surface area contributed by atoms with E-state index < -0.39 is 15.7 Å². The molecule has 0 spiro atoms. The van der Waals surface area contributed by atoms with E-state index in [0.717, 1.165) is 11.6 Å². The lowest BCUT2D eigenvalue weighted by molar-refractivity contribution is 0.566. The van der Waals surface area contributed by atoms with Gasteiger partial charge in [-0.1, -0.05) is 42.5 Å². The first-order valence-corrected chi connectivity index (χ1v) is 9.14. The van der Waals surface area contributed by atoms with Crippen LogP contribution >= 0.6 is 24.0 Å². The lowest BCUT2D eigenvalue weighted by Gasteiger charge is -2.12. The largest absolute Gasteiger partial charge is 0.355 e. The maximum absolute atomic E-state index is 13.6. The molecule has 8 heteroatoms. The number of rotatable bonds is 6. The molecule has 2 rings (SSSR count). The fourth-order valence-electron chi connectivity index (χ4n) is 2.11. The van der Waals surface area contributed by atoms with Gasteiger partial charge in [0.2, 0.25) is 0 Å². The molecule has 0 saturated heterocycles. The zero-order valence-corrected chi connectivity index (χ0v) is 16.9. The molecule has 0 amide bonds. The fourth-order valence-corrected chi connectivity index (χ4v) is 3.35. The second kappa shape index (κ2) is 10.3. The molecule has 0 aromatic heterocycles. The number of nitrogens with zero attached hydrogens (tertiary/aromatic N) is 1. The summed E-state index contributed by atoms with van der Waals surface area (Å²) in [4.78, 5) is 3.76. The molecular weight excluding hydrogens is 456 g/mol. The first kappa shape index (κ1) is 21.4. The number of hydrogen-bond acceptors (Lipinski definition) is 3. The lowest BCUT2D eigenvalue weighted by Crippen LogP contribution is -2.39. The van der Waals surface area contributed by atoms with Crippen LogP contribution in [0.25, 0.3) is 0 Å². The van der Waals surface area contributed by atoms with Gasteiger partial charge in [0, 0.05) is 20.1 Å². The van der Waals surface area contributed by atoms with Crippen molar-refractivity contribution in [2.45, 2.75) is 11.4 Å². The molecule has 0 fully saturated rings. The van der Waals surface area contributed by atoms with E-state index in [1.54, 1.807) is 7.05 Å². The summed E-state index contributed by atoms with van der Waals surface area (Å²) < 4.78 is 37.9. The van der Waals surface area contributed by atoms with Crippen LogP contribution in [-0.4, -0.2) is 33.7 Å². The van der Waals surface area contributed by atoms with Crippen molar-refractivity contribution in [3.05, 3.63) is 66.0 Å². The van der Waals surface area contributed by atoms with Crippen LogP contribution in [0.4, 0.5) is 4.39 Å². The van der Waals surface area contributed by atoms with Crippen molar-refractivity contribution in [2.24, 2.45) is 4.99 Å². The minimum Gasteiger partial charge on any atom is -0.355 e. The predicted molar refractivity (Wildman–Crippen MR) is 109 cm³/mol. The Kier molecular flexibility index (Phi) is 8.84. The van der Waals surface area contributed by atoms with E-state index in [1.807, 2.05) is 30.3 Å². The molecule has 0 aliphatic carbocycles. The van der Waals surface area contributed by atoms with Crippen molar-refractivity contribution >= 4 is 39.8 Å². The van der Waals surface area contributed by atoms with Crippen LogP contribution in [0, 0.1) is 5.82 Å². The zero-order valence-electron chi connectivity index (χ0n) is 13.8. The predicted octanol–water partition coefficient (Wildman–Crippen LogP) is 2.58. The average molecular weight is 477 g/mol. The third-order valence-electron chi connectivity index (χ3n) is 3.36. The number of hydrogen-bond donors (Lipinski definition) is 2. The van der Waals surface area contributed by atoms with E-state index >= 15 is 0 Å².